The quantitative estimate of drug-likeness (QED) is 0.327. The molecule has 190 valence electrons. The van der Waals surface area contributed by atoms with Crippen LogP contribution in [0.15, 0.2) is 49.2 Å². The minimum absolute atomic E-state index is 0.0667. The molecular weight excluding hydrogens is 501 g/mol. The first kappa shape index (κ1) is 27.8. The summed E-state index contributed by atoms with van der Waals surface area (Å²) in [4.78, 5) is 27.0. The smallest absolute Gasteiger partial charge is 0.433 e. The summed E-state index contributed by atoms with van der Waals surface area (Å²) in [6.45, 7) is 2.08. The first-order valence-electron chi connectivity index (χ1n) is 10.0. The SMILES string of the molecule is C=CC(CC(F)CNC(=O)COc1ccc(C(F)(F)F)nc1)NC(=O)COc1ccc(Cl)c(F)c1. The average Bonchev–Trinajstić information content (AvgIpc) is 2.81. The van der Waals surface area contributed by atoms with Crippen LogP contribution in [0, 0.1) is 5.82 Å². The van der Waals surface area contributed by atoms with E-state index in [2.05, 4.69) is 22.2 Å². The third-order valence-electron chi connectivity index (χ3n) is 4.32. The van der Waals surface area contributed by atoms with Gasteiger partial charge in [-0.2, -0.15) is 13.2 Å². The minimum Gasteiger partial charge on any atom is -0.484 e. The molecule has 0 bridgehead atoms. The Morgan fingerprint density at radius 1 is 1.11 bits per heavy atom. The van der Waals surface area contributed by atoms with Crippen LogP contribution in [0.1, 0.15) is 12.1 Å². The molecule has 7 nitrogen and oxygen atoms in total. The van der Waals surface area contributed by atoms with Crippen molar-refractivity contribution in [2.45, 2.75) is 24.8 Å². The van der Waals surface area contributed by atoms with Gasteiger partial charge in [-0.05, 0) is 24.3 Å². The van der Waals surface area contributed by atoms with Gasteiger partial charge >= 0.3 is 6.18 Å². The van der Waals surface area contributed by atoms with E-state index in [1.165, 1.54) is 18.2 Å². The molecule has 0 saturated carbocycles. The van der Waals surface area contributed by atoms with E-state index in [0.29, 0.717) is 6.07 Å². The molecule has 0 aliphatic rings. The van der Waals surface area contributed by atoms with Crippen LogP contribution in [-0.2, 0) is 15.8 Å². The molecule has 2 atom stereocenters. The predicted molar refractivity (Wildman–Crippen MR) is 116 cm³/mol. The van der Waals surface area contributed by atoms with Gasteiger partial charge in [0.05, 0.1) is 11.2 Å². The number of nitrogens with zero attached hydrogens (tertiary/aromatic N) is 1. The van der Waals surface area contributed by atoms with Crippen molar-refractivity contribution in [1.29, 1.82) is 0 Å². The van der Waals surface area contributed by atoms with Gasteiger partial charge in [-0.25, -0.2) is 13.8 Å². The fourth-order valence-corrected chi connectivity index (χ4v) is 2.71. The molecule has 0 aliphatic heterocycles. The number of aromatic nitrogens is 1. The molecule has 35 heavy (non-hydrogen) atoms. The molecule has 2 unspecified atom stereocenters. The summed E-state index contributed by atoms with van der Waals surface area (Å²) in [5, 5.41) is 4.65. The van der Waals surface area contributed by atoms with Crippen LogP contribution in [0.4, 0.5) is 22.0 Å². The molecule has 1 aromatic carbocycles. The molecule has 0 spiro atoms. The fraction of sp³-hybridized carbons (Fsp3) is 0.318. The van der Waals surface area contributed by atoms with E-state index in [4.69, 9.17) is 21.1 Å². The van der Waals surface area contributed by atoms with Crippen molar-refractivity contribution in [2.75, 3.05) is 19.8 Å². The number of nitrogens with one attached hydrogen (secondary N) is 2. The molecule has 2 rings (SSSR count). The van der Waals surface area contributed by atoms with E-state index >= 15 is 0 Å². The standard InChI is InChI=1S/C22H21ClF5N3O4/c1-2-14(31-21(33)12-34-15-3-5-17(23)18(25)8-15)7-13(24)9-30-20(32)11-35-16-4-6-19(29-10-16)22(26,27)28/h2-6,8,10,13-14H,1,7,9,11-12H2,(H,30,32)(H,31,33). The summed E-state index contributed by atoms with van der Waals surface area (Å²) in [7, 11) is 0. The lowest BCUT2D eigenvalue weighted by molar-refractivity contribution is -0.141. The summed E-state index contributed by atoms with van der Waals surface area (Å²) >= 11 is 5.56. The van der Waals surface area contributed by atoms with Crippen molar-refractivity contribution in [3.05, 3.63) is 65.7 Å². The monoisotopic (exact) mass is 521 g/mol. The maximum Gasteiger partial charge on any atom is 0.433 e. The number of pyridine rings is 1. The minimum atomic E-state index is -4.60. The summed E-state index contributed by atoms with van der Waals surface area (Å²) in [5.41, 5.74) is -1.11. The lowest BCUT2D eigenvalue weighted by Crippen LogP contribution is -2.40. The first-order valence-corrected chi connectivity index (χ1v) is 10.4. The summed E-state index contributed by atoms with van der Waals surface area (Å²) in [5.74, 6) is -2.02. The van der Waals surface area contributed by atoms with Crippen molar-refractivity contribution in [3.8, 4) is 11.5 Å². The van der Waals surface area contributed by atoms with Gasteiger partial charge in [0.2, 0.25) is 0 Å². The third kappa shape index (κ3) is 9.77. The zero-order valence-corrected chi connectivity index (χ0v) is 18.8. The number of carbonyl (C=O) groups is 2. The number of halogens is 6. The Morgan fingerprint density at radius 2 is 1.77 bits per heavy atom. The van der Waals surface area contributed by atoms with E-state index in [0.717, 1.165) is 18.3 Å². The second-order valence-corrected chi connectivity index (χ2v) is 7.48. The van der Waals surface area contributed by atoms with E-state index in [1.54, 1.807) is 0 Å². The highest BCUT2D eigenvalue weighted by Gasteiger charge is 2.32. The van der Waals surface area contributed by atoms with Gasteiger partial charge < -0.3 is 20.1 Å². The number of hydrogen-bond donors (Lipinski definition) is 2. The Labute approximate surface area is 202 Å². The largest absolute Gasteiger partial charge is 0.484 e. The number of carbonyl (C=O) groups excluding carboxylic acids is 2. The summed E-state index contributed by atoms with van der Waals surface area (Å²) in [6.07, 6.45) is -4.26. The molecule has 13 heteroatoms. The van der Waals surface area contributed by atoms with E-state index in [1.807, 2.05) is 0 Å². The van der Waals surface area contributed by atoms with Crippen molar-refractivity contribution in [1.82, 2.24) is 15.6 Å². The molecule has 0 fully saturated rings. The Bertz CT molecular complexity index is 1020. The second kappa shape index (κ2) is 12.9. The van der Waals surface area contributed by atoms with E-state index < -0.39 is 61.5 Å². The average molecular weight is 522 g/mol. The number of amides is 2. The van der Waals surface area contributed by atoms with Crippen LogP contribution in [0.25, 0.3) is 0 Å². The van der Waals surface area contributed by atoms with Gasteiger partial charge in [0.15, 0.2) is 13.2 Å². The van der Waals surface area contributed by atoms with Crippen LogP contribution >= 0.6 is 11.6 Å². The zero-order valence-electron chi connectivity index (χ0n) is 18.1. The molecule has 1 aromatic heterocycles. The number of ether oxygens (including phenoxy) is 2. The van der Waals surface area contributed by atoms with Crippen molar-refractivity contribution >= 4 is 23.4 Å². The Hall–Kier alpha value is -3.41. The van der Waals surface area contributed by atoms with Crippen molar-refractivity contribution < 1.29 is 41.0 Å². The molecule has 2 aromatic rings. The normalized spacial score (nSPS) is 12.9. The number of hydrogen-bond acceptors (Lipinski definition) is 5. The Balaban J connectivity index is 1.69. The number of alkyl halides is 4. The van der Waals surface area contributed by atoms with Crippen LogP contribution in [0.5, 0.6) is 11.5 Å². The second-order valence-electron chi connectivity index (χ2n) is 7.08. The lowest BCUT2D eigenvalue weighted by atomic mass is 10.1. The van der Waals surface area contributed by atoms with Crippen LogP contribution in [0.3, 0.4) is 0 Å². The topological polar surface area (TPSA) is 89.5 Å². The van der Waals surface area contributed by atoms with Gasteiger partial charge in [0, 0.05) is 25.1 Å². The molecule has 2 amide bonds. The molecule has 1 heterocycles. The van der Waals surface area contributed by atoms with Gasteiger partial charge in [-0.1, -0.05) is 17.7 Å². The zero-order chi connectivity index (χ0) is 26.0. The highest BCUT2D eigenvalue weighted by molar-refractivity contribution is 6.30. The number of benzene rings is 1. The molecule has 2 N–H and O–H groups in total. The van der Waals surface area contributed by atoms with Gasteiger partial charge in [0.25, 0.3) is 11.8 Å². The van der Waals surface area contributed by atoms with Crippen molar-refractivity contribution in [2.24, 2.45) is 0 Å². The fourth-order valence-electron chi connectivity index (χ4n) is 2.59. The van der Waals surface area contributed by atoms with Crippen LogP contribution in [0.2, 0.25) is 5.02 Å². The maximum atomic E-state index is 14.2. The number of rotatable bonds is 12. The Kier molecular flexibility index (Phi) is 10.2. The molecular formula is C22H21ClF5N3O4. The summed E-state index contributed by atoms with van der Waals surface area (Å²) < 4.78 is 75.2. The van der Waals surface area contributed by atoms with Crippen LogP contribution in [-0.4, -0.2) is 48.8 Å². The lowest BCUT2D eigenvalue weighted by Gasteiger charge is -2.18. The first-order chi connectivity index (χ1) is 16.5. The van der Waals surface area contributed by atoms with Gasteiger partial charge in [-0.3, -0.25) is 9.59 Å². The van der Waals surface area contributed by atoms with Gasteiger partial charge in [-0.15, -0.1) is 6.58 Å². The predicted octanol–water partition coefficient (Wildman–Crippen LogP) is 3.87. The third-order valence-corrected chi connectivity index (χ3v) is 4.63. The molecule has 0 saturated heterocycles. The highest BCUT2D eigenvalue weighted by atomic mass is 35.5. The Morgan fingerprint density at radius 3 is 2.37 bits per heavy atom. The van der Waals surface area contributed by atoms with Crippen molar-refractivity contribution in [3.63, 3.8) is 0 Å². The van der Waals surface area contributed by atoms with Gasteiger partial charge in [0.1, 0.15) is 29.2 Å². The summed E-state index contributed by atoms with van der Waals surface area (Å²) in [6, 6.07) is 4.58. The maximum absolute atomic E-state index is 14.2. The molecule has 0 aliphatic carbocycles. The van der Waals surface area contributed by atoms with E-state index in [9.17, 15) is 31.5 Å². The van der Waals surface area contributed by atoms with Crippen LogP contribution < -0.4 is 20.1 Å². The highest BCUT2D eigenvalue weighted by Crippen LogP contribution is 2.28. The molecule has 0 radical (unpaired) electrons. The van der Waals surface area contributed by atoms with E-state index in [-0.39, 0.29) is 22.9 Å².